The highest BCUT2D eigenvalue weighted by Crippen LogP contribution is 2.07. The third-order valence-electron chi connectivity index (χ3n) is 2.38. The summed E-state index contributed by atoms with van der Waals surface area (Å²) in [6.07, 6.45) is 1.58. The number of hydrogen-bond donors (Lipinski definition) is 2. The van der Waals surface area contributed by atoms with Crippen LogP contribution in [0.2, 0.25) is 0 Å². The Hall–Kier alpha value is -2.37. The minimum atomic E-state index is -0.249. The first kappa shape index (κ1) is 12.1. The molecule has 0 aromatic carbocycles. The molecule has 18 heavy (non-hydrogen) atoms. The Morgan fingerprint density at radius 2 is 2.28 bits per heavy atom. The zero-order valence-electron chi connectivity index (χ0n) is 10.2. The van der Waals surface area contributed by atoms with Crippen molar-refractivity contribution in [2.45, 2.75) is 13.5 Å². The van der Waals surface area contributed by atoms with E-state index in [1.807, 2.05) is 6.92 Å². The topological polar surface area (TPSA) is 80.0 Å². The molecular weight excluding hydrogens is 232 g/mol. The Labute approximate surface area is 104 Å². The number of nitrogens with zero attached hydrogens (tertiary/aromatic N) is 2. The van der Waals surface area contributed by atoms with Gasteiger partial charge in [0.05, 0.1) is 12.2 Å². The van der Waals surface area contributed by atoms with Crippen LogP contribution in [0.1, 0.15) is 21.9 Å². The van der Waals surface area contributed by atoms with Gasteiger partial charge in [0.2, 0.25) is 0 Å². The average Bonchev–Trinajstić information content (AvgIpc) is 2.82. The highest BCUT2D eigenvalue weighted by molar-refractivity contribution is 5.92. The van der Waals surface area contributed by atoms with Crippen LogP contribution < -0.4 is 10.6 Å². The molecule has 6 heteroatoms. The third kappa shape index (κ3) is 2.85. The number of aromatic nitrogens is 2. The van der Waals surface area contributed by atoms with Crippen LogP contribution in [-0.2, 0) is 6.54 Å². The molecule has 0 unspecified atom stereocenters. The van der Waals surface area contributed by atoms with Gasteiger partial charge in [-0.15, -0.1) is 0 Å². The predicted octanol–water partition coefficient (Wildman–Crippen LogP) is 1.35. The van der Waals surface area contributed by atoms with E-state index in [1.54, 1.807) is 31.4 Å². The molecule has 0 fully saturated rings. The summed E-state index contributed by atoms with van der Waals surface area (Å²) < 4.78 is 5.00. The van der Waals surface area contributed by atoms with E-state index in [9.17, 15) is 4.79 Å². The molecule has 0 aliphatic heterocycles. The second kappa shape index (κ2) is 5.31. The average molecular weight is 246 g/mol. The van der Waals surface area contributed by atoms with Crippen molar-refractivity contribution in [1.82, 2.24) is 15.5 Å². The van der Waals surface area contributed by atoms with Crippen molar-refractivity contribution in [3.05, 3.63) is 41.5 Å². The normalized spacial score (nSPS) is 10.1. The number of carbonyl (C=O) groups excluding carboxylic acids is 1. The Bertz CT molecular complexity index is 551. The second-order valence-corrected chi connectivity index (χ2v) is 3.80. The fraction of sp³-hybridized carbons (Fsp3) is 0.250. The van der Waals surface area contributed by atoms with Crippen molar-refractivity contribution >= 4 is 11.6 Å². The van der Waals surface area contributed by atoms with Gasteiger partial charge in [0.25, 0.3) is 5.91 Å². The summed E-state index contributed by atoms with van der Waals surface area (Å²) in [6, 6.07) is 5.25. The first-order valence-electron chi connectivity index (χ1n) is 5.53. The second-order valence-electron chi connectivity index (χ2n) is 3.80. The van der Waals surface area contributed by atoms with E-state index in [-0.39, 0.29) is 5.91 Å². The number of anilines is 1. The molecule has 2 rings (SSSR count). The van der Waals surface area contributed by atoms with Crippen LogP contribution in [0.25, 0.3) is 0 Å². The molecule has 2 aromatic rings. The summed E-state index contributed by atoms with van der Waals surface area (Å²) >= 11 is 0. The maximum atomic E-state index is 11.8. The van der Waals surface area contributed by atoms with Gasteiger partial charge in [-0.2, -0.15) is 0 Å². The molecule has 0 aliphatic rings. The molecule has 0 atom stereocenters. The van der Waals surface area contributed by atoms with E-state index in [1.165, 1.54) is 0 Å². The van der Waals surface area contributed by atoms with Gasteiger partial charge in [0.15, 0.2) is 5.76 Å². The molecule has 94 valence electrons. The molecule has 0 aliphatic carbocycles. The molecule has 0 radical (unpaired) electrons. The zero-order valence-corrected chi connectivity index (χ0v) is 10.2. The lowest BCUT2D eigenvalue weighted by molar-refractivity contribution is 0.0942. The van der Waals surface area contributed by atoms with Crippen LogP contribution in [0, 0.1) is 6.92 Å². The maximum Gasteiger partial charge on any atom is 0.270 e. The summed E-state index contributed by atoms with van der Waals surface area (Å²) in [5.41, 5.74) is 1.98. The van der Waals surface area contributed by atoms with Crippen molar-refractivity contribution in [3.8, 4) is 0 Å². The van der Waals surface area contributed by atoms with Gasteiger partial charge in [-0.05, 0) is 19.1 Å². The number of nitrogens with one attached hydrogen (secondary N) is 2. The first-order chi connectivity index (χ1) is 8.69. The summed E-state index contributed by atoms with van der Waals surface area (Å²) in [6.45, 7) is 2.12. The minimum absolute atomic E-state index is 0.249. The number of aryl methyl sites for hydroxylation is 1. The zero-order chi connectivity index (χ0) is 13.0. The summed E-state index contributed by atoms with van der Waals surface area (Å²) in [7, 11) is 1.79. The molecule has 0 bridgehead atoms. The lowest BCUT2D eigenvalue weighted by atomic mass is 10.3. The van der Waals surface area contributed by atoms with Gasteiger partial charge in [0, 0.05) is 25.0 Å². The molecule has 0 saturated heterocycles. The first-order valence-corrected chi connectivity index (χ1v) is 5.53. The van der Waals surface area contributed by atoms with Crippen LogP contribution in [0.5, 0.6) is 0 Å². The number of rotatable bonds is 4. The fourth-order valence-electron chi connectivity index (χ4n) is 1.47. The van der Waals surface area contributed by atoms with E-state index in [0.717, 1.165) is 11.4 Å². The van der Waals surface area contributed by atoms with Crippen LogP contribution >= 0.6 is 0 Å². The Morgan fingerprint density at radius 3 is 2.94 bits per heavy atom. The smallest absolute Gasteiger partial charge is 0.270 e. The van der Waals surface area contributed by atoms with Crippen molar-refractivity contribution in [1.29, 1.82) is 0 Å². The van der Waals surface area contributed by atoms with E-state index in [4.69, 9.17) is 4.52 Å². The van der Waals surface area contributed by atoms with E-state index >= 15 is 0 Å². The van der Waals surface area contributed by atoms with E-state index in [2.05, 4.69) is 20.8 Å². The van der Waals surface area contributed by atoms with Crippen LogP contribution in [0.3, 0.4) is 0 Å². The molecule has 2 N–H and O–H groups in total. The molecule has 6 nitrogen and oxygen atoms in total. The summed E-state index contributed by atoms with van der Waals surface area (Å²) in [5.74, 6) is 0.367. The van der Waals surface area contributed by atoms with Crippen LogP contribution in [-0.4, -0.2) is 23.1 Å². The van der Waals surface area contributed by atoms with Gasteiger partial charge in [-0.25, -0.2) is 0 Å². The lowest BCUT2D eigenvalue weighted by Gasteiger charge is -2.04. The number of carbonyl (C=O) groups is 1. The standard InChI is InChI=1S/C12H14N4O2/c1-8-5-10(18-16-8)7-15-12(17)11-6-9(13-2)3-4-14-11/h3-6H,7H2,1-2H3,(H,13,14)(H,15,17). The van der Waals surface area contributed by atoms with Crippen molar-refractivity contribution in [2.24, 2.45) is 0 Å². The number of amides is 1. The summed E-state index contributed by atoms with van der Waals surface area (Å²) in [4.78, 5) is 15.8. The number of hydrogen-bond acceptors (Lipinski definition) is 5. The molecule has 0 saturated carbocycles. The Kier molecular flexibility index (Phi) is 3.57. The van der Waals surface area contributed by atoms with Crippen molar-refractivity contribution < 1.29 is 9.32 Å². The molecule has 2 aromatic heterocycles. The molecular formula is C12H14N4O2. The fourth-order valence-corrected chi connectivity index (χ4v) is 1.47. The monoisotopic (exact) mass is 246 g/mol. The van der Waals surface area contributed by atoms with Gasteiger partial charge >= 0.3 is 0 Å². The third-order valence-corrected chi connectivity index (χ3v) is 2.38. The van der Waals surface area contributed by atoms with Gasteiger partial charge in [-0.1, -0.05) is 5.16 Å². The Balaban J connectivity index is 1.99. The van der Waals surface area contributed by atoms with Crippen molar-refractivity contribution in [2.75, 3.05) is 12.4 Å². The highest BCUT2D eigenvalue weighted by atomic mass is 16.5. The maximum absolute atomic E-state index is 11.8. The molecule has 0 spiro atoms. The molecule has 1 amide bonds. The van der Waals surface area contributed by atoms with E-state index < -0.39 is 0 Å². The highest BCUT2D eigenvalue weighted by Gasteiger charge is 2.09. The summed E-state index contributed by atoms with van der Waals surface area (Å²) in [5, 5.41) is 9.41. The van der Waals surface area contributed by atoms with Gasteiger partial charge in [-0.3, -0.25) is 9.78 Å². The molecule has 2 heterocycles. The lowest BCUT2D eigenvalue weighted by Crippen LogP contribution is -2.23. The van der Waals surface area contributed by atoms with Gasteiger partial charge in [0.1, 0.15) is 5.69 Å². The quantitative estimate of drug-likeness (QED) is 0.851. The number of pyridine rings is 1. The van der Waals surface area contributed by atoms with Gasteiger partial charge < -0.3 is 15.2 Å². The van der Waals surface area contributed by atoms with Crippen LogP contribution in [0.4, 0.5) is 5.69 Å². The van der Waals surface area contributed by atoms with E-state index in [0.29, 0.717) is 18.0 Å². The minimum Gasteiger partial charge on any atom is -0.388 e. The SMILES string of the molecule is CNc1ccnc(C(=O)NCc2cc(C)no2)c1. The predicted molar refractivity (Wildman–Crippen MR) is 66.2 cm³/mol. The van der Waals surface area contributed by atoms with Crippen molar-refractivity contribution in [3.63, 3.8) is 0 Å². The Morgan fingerprint density at radius 1 is 1.44 bits per heavy atom. The van der Waals surface area contributed by atoms with Crippen LogP contribution in [0.15, 0.2) is 28.9 Å². The largest absolute Gasteiger partial charge is 0.388 e.